The van der Waals surface area contributed by atoms with E-state index in [1.807, 2.05) is 18.2 Å². The molecule has 4 unspecified atom stereocenters. The minimum atomic E-state index is 0.120. The van der Waals surface area contributed by atoms with Gasteiger partial charge in [-0.25, -0.2) is 0 Å². The first kappa shape index (κ1) is 12.5. The highest BCUT2D eigenvalue weighted by atomic mass is 35.5. The number of ether oxygens (including phenoxy) is 1. The van der Waals surface area contributed by atoms with Gasteiger partial charge in [-0.3, -0.25) is 0 Å². The van der Waals surface area contributed by atoms with Crippen molar-refractivity contribution in [2.75, 3.05) is 6.61 Å². The van der Waals surface area contributed by atoms with Crippen LogP contribution in [0, 0.1) is 5.92 Å². The zero-order valence-electron chi connectivity index (χ0n) is 10.7. The van der Waals surface area contributed by atoms with E-state index in [0.717, 1.165) is 11.6 Å². The van der Waals surface area contributed by atoms with Gasteiger partial charge in [0.25, 0.3) is 0 Å². The Kier molecular flexibility index (Phi) is 3.60. The third-order valence-electron chi connectivity index (χ3n) is 4.26. The van der Waals surface area contributed by atoms with E-state index >= 15 is 0 Å². The van der Waals surface area contributed by atoms with E-state index in [4.69, 9.17) is 16.3 Å². The SMILES string of the molecule is CC1NC2CCCC2COC1c1cccc(Cl)c1. The van der Waals surface area contributed by atoms with Crippen molar-refractivity contribution >= 4 is 11.6 Å². The van der Waals surface area contributed by atoms with Crippen molar-refractivity contribution < 1.29 is 4.74 Å². The number of hydrogen-bond acceptors (Lipinski definition) is 2. The molecule has 1 saturated carbocycles. The second kappa shape index (κ2) is 5.20. The van der Waals surface area contributed by atoms with Gasteiger partial charge >= 0.3 is 0 Å². The molecule has 2 nitrogen and oxygen atoms in total. The number of halogens is 1. The number of benzene rings is 1. The fraction of sp³-hybridized carbons (Fsp3) is 0.600. The van der Waals surface area contributed by atoms with E-state index in [2.05, 4.69) is 18.3 Å². The molecule has 3 heteroatoms. The van der Waals surface area contributed by atoms with Crippen molar-refractivity contribution in [1.82, 2.24) is 5.32 Å². The summed E-state index contributed by atoms with van der Waals surface area (Å²) in [6, 6.07) is 9.02. The molecule has 0 bridgehead atoms. The van der Waals surface area contributed by atoms with Crippen LogP contribution in [0.4, 0.5) is 0 Å². The lowest BCUT2D eigenvalue weighted by Gasteiger charge is -2.24. The maximum atomic E-state index is 6.15. The van der Waals surface area contributed by atoms with Crippen LogP contribution in [0.15, 0.2) is 24.3 Å². The molecule has 1 aliphatic carbocycles. The quantitative estimate of drug-likeness (QED) is 0.838. The first-order valence-electron chi connectivity index (χ1n) is 6.87. The highest BCUT2D eigenvalue weighted by molar-refractivity contribution is 6.30. The molecule has 2 aliphatic rings. The van der Waals surface area contributed by atoms with Gasteiger partial charge in [-0.15, -0.1) is 0 Å². The highest BCUT2D eigenvalue weighted by Gasteiger charge is 2.35. The van der Waals surface area contributed by atoms with Crippen LogP contribution in [0.5, 0.6) is 0 Å². The summed E-state index contributed by atoms with van der Waals surface area (Å²) in [5, 5.41) is 4.53. The van der Waals surface area contributed by atoms with Crippen LogP contribution in [0.2, 0.25) is 5.02 Å². The van der Waals surface area contributed by atoms with Crippen molar-refractivity contribution in [3.63, 3.8) is 0 Å². The zero-order chi connectivity index (χ0) is 12.5. The minimum Gasteiger partial charge on any atom is -0.372 e. The monoisotopic (exact) mass is 265 g/mol. The standard InChI is InChI=1S/C15H20ClNO/c1-10-15(11-4-2-6-13(16)8-11)18-9-12-5-3-7-14(12)17-10/h2,4,6,8,10,12,14-15,17H,3,5,7,9H2,1H3. The third-order valence-corrected chi connectivity index (χ3v) is 4.49. The fourth-order valence-corrected chi connectivity index (χ4v) is 3.52. The molecule has 0 amide bonds. The van der Waals surface area contributed by atoms with E-state index in [1.165, 1.54) is 24.8 Å². The van der Waals surface area contributed by atoms with Gasteiger partial charge in [0.2, 0.25) is 0 Å². The topological polar surface area (TPSA) is 21.3 Å². The van der Waals surface area contributed by atoms with Crippen molar-refractivity contribution in [3.05, 3.63) is 34.9 Å². The largest absolute Gasteiger partial charge is 0.372 e. The molecule has 4 atom stereocenters. The van der Waals surface area contributed by atoms with Crippen molar-refractivity contribution in [2.45, 2.75) is 44.4 Å². The second-order valence-corrected chi connectivity index (χ2v) is 6.00. The molecular formula is C15H20ClNO. The molecule has 3 rings (SSSR count). The summed E-state index contributed by atoms with van der Waals surface area (Å²) in [4.78, 5) is 0. The summed E-state index contributed by atoms with van der Waals surface area (Å²) >= 11 is 6.07. The van der Waals surface area contributed by atoms with Gasteiger partial charge in [0.05, 0.1) is 12.7 Å². The minimum absolute atomic E-state index is 0.120. The van der Waals surface area contributed by atoms with Crippen LogP contribution in [0.3, 0.4) is 0 Å². The first-order valence-corrected chi connectivity index (χ1v) is 7.25. The molecule has 2 fully saturated rings. The van der Waals surface area contributed by atoms with E-state index in [9.17, 15) is 0 Å². The van der Waals surface area contributed by atoms with E-state index < -0.39 is 0 Å². The summed E-state index contributed by atoms with van der Waals surface area (Å²) in [5.74, 6) is 0.691. The molecule has 0 radical (unpaired) electrons. The number of nitrogens with one attached hydrogen (secondary N) is 1. The molecule has 98 valence electrons. The van der Waals surface area contributed by atoms with Gasteiger partial charge < -0.3 is 10.1 Å². The molecule has 1 aliphatic heterocycles. The normalized spacial score (nSPS) is 36.1. The van der Waals surface area contributed by atoms with Crippen LogP contribution >= 0.6 is 11.6 Å². The Morgan fingerprint density at radius 3 is 3.06 bits per heavy atom. The lowest BCUT2D eigenvalue weighted by atomic mass is 10.0. The molecule has 1 heterocycles. The Morgan fingerprint density at radius 2 is 2.22 bits per heavy atom. The Balaban J connectivity index is 1.80. The van der Waals surface area contributed by atoms with Gasteiger partial charge in [0.1, 0.15) is 0 Å². The van der Waals surface area contributed by atoms with Crippen molar-refractivity contribution in [1.29, 1.82) is 0 Å². The Hall–Kier alpha value is -0.570. The number of hydrogen-bond donors (Lipinski definition) is 1. The lowest BCUT2D eigenvalue weighted by Crippen LogP contribution is -2.39. The highest BCUT2D eigenvalue weighted by Crippen LogP contribution is 2.34. The summed E-state index contributed by atoms with van der Waals surface area (Å²) in [7, 11) is 0. The molecule has 1 aromatic rings. The van der Waals surface area contributed by atoms with Crippen LogP contribution in [0.25, 0.3) is 0 Å². The summed E-state index contributed by atoms with van der Waals surface area (Å²) < 4.78 is 6.15. The predicted molar refractivity (Wildman–Crippen MR) is 73.9 cm³/mol. The van der Waals surface area contributed by atoms with Gasteiger partial charge in [-0.05, 0) is 43.4 Å². The van der Waals surface area contributed by atoms with Crippen LogP contribution in [-0.4, -0.2) is 18.7 Å². The fourth-order valence-electron chi connectivity index (χ4n) is 3.32. The van der Waals surface area contributed by atoms with E-state index in [-0.39, 0.29) is 6.10 Å². The average Bonchev–Trinajstić information content (AvgIpc) is 2.71. The van der Waals surface area contributed by atoms with Gasteiger partial charge in [0, 0.05) is 17.1 Å². The molecule has 0 spiro atoms. The lowest BCUT2D eigenvalue weighted by molar-refractivity contribution is 0.0307. The molecule has 1 N–H and O–H groups in total. The van der Waals surface area contributed by atoms with Gasteiger partial charge in [-0.1, -0.05) is 30.2 Å². The summed E-state index contributed by atoms with van der Waals surface area (Å²) in [6.45, 7) is 3.09. The van der Waals surface area contributed by atoms with Gasteiger partial charge in [-0.2, -0.15) is 0 Å². The van der Waals surface area contributed by atoms with E-state index in [0.29, 0.717) is 18.0 Å². The van der Waals surface area contributed by atoms with Gasteiger partial charge in [0.15, 0.2) is 0 Å². The Bertz CT molecular complexity index is 423. The second-order valence-electron chi connectivity index (χ2n) is 5.56. The molecule has 1 aromatic carbocycles. The molecular weight excluding hydrogens is 246 g/mol. The maximum Gasteiger partial charge on any atom is 0.0975 e. The van der Waals surface area contributed by atoms with Crippen molar-refractivity contribution in [2.24, 2.45) is 5.92 Å². The Labute approximate surface area is 114 Å². The number of fused-ring (bicyclic) bond motifs is 1. The summed E-state index contributed by atoms with van der Waals surface area (Å²) in [5.41, 5.74) is 1.18. The first-order chi connectivity index (χ1) is 8.74. The molecule has 1 saturated heterocycles. The maximum absolute atomic E-state index is 6.15. The smallest absolute Gasteiger partial charge is 0.0975 e. The average molecular weight is 266 g/mol. The number of rotatable bonds is 1. The van der Waals surface area contributed by atoms with Crippen LogP contribution in [0.1, 0.15) is 37.9 Å². The molecule has 18 heavy (non-hydrogen) atoms. The summed E-state index contributed by atoms with van der Waals surface area (Å²) in [6.07, 6.45) is 4.04. The predicted octanol–water partition coefficient (Wildman–Crippen LogP) is 3.56. The zero-order valence-corrected chi connectivity index (χ0v) is 11.5. The van der Waals surface area contributed by atoms with Crippen LogP contribution in [-0.2, 0) is 4.74 Å². The third kappa shape index (κ3) is 2.42. The van der Waals surface area contributed by atoms with Crippen molar-refractivity contribution in [3.8, 4) is 0 Å². The molecule has 0 aromatic heterocycles. The Morgan fingerprint density at radius 1 is 1.33 bits per heavy atom. The van der Waals surface area contributed by atoms with E-state index in [1.54, 1.807) is 0 Å². The van der Waals surface area contributed by atoms with Crippen LogP contribution < -0.4 is 5.32 Å².